The standard InChI is InChI=1S/C10H13N/c1-4-6-9(3)7-8-10(11)5-2/h2,4,6-9,11H,1,3H3/b6-4?,8-7-,11-10?. The Hall–Kier alpha value is -1.29. The van der Waals surface area contributed by atoms with E-state index in [-0.39, 0.29) is 5.71 Å². The van der Waals surface area contributed by atoms with Crippen LogP contribution in [0.5, 0.6) is 0 Å². The van der Waals surface area contributed by atoms with Crippen molar-refractivity contribution in [1.29, 1.82) is 5.41 Å². The lowest BCUT2D eigenvalue weighted by Crippen LogP contribution is -1.87. The number of nitrogens with one attached hydrogen (secondary N) is 1. The predicted molar refractivity (Wildman–Crippen MR) is 49.7 cm³/mol. The number of terminal acetylenes is 1. The summed E-state index contributed by atoms with van der Waals surface area (Å²) in [6, 6.07) is 0. The lowest BCUT2D eigenvalue weighted by molar-refractivity contribution is 0.939. The molecule has 0 rings (SSSR count). The zero-order valence-electron chi connectivity index (χ0n) is 6.96. The van der Waals surface area contributed by atoms with Crippen LogP contribution < -0.4 is 0 Å². The molecule has 1 atom stereocenters. The molecule has 0 aromatic rings. The molecule has 0 saturated heterocycles. The molecular weight excluding hydrogens is 134 g/mol. The minimum Gasteiger partial charge on any atom is -0.292 e. The first-order valence-electron chi connectivity index (χ1n) is 3.57. The number of rotatable bonds is 3. The van der Waals surface area contributed by atoms with Crippen LogP contribution >= 0.6 is 0 Å². The first kappa shape index (κ1) is 9.71. The Morgan fingerprint density at radius 2 is 2.18 bits per heavy atom. The maximum Gasteiger partial charge on any atom is 0.103 e. The molecule has 1 N–H and O–H groups in total. The van der Waals surface area contributed by atoms with Crippen molar-refractivity contribution in [2.75, 3.05) is 0 Å². The van der Waals surface area contributed by atoms with Gasteiger partial charge in [-0.25, -0.2) is 0 Å². The van der Waals surface area contributed by atoms with Gasteiger partial charge in [0, 0.05) is 0 Å². The van der Waals surface area contributed by atoms with Gasteiger partial charge in [-0.1, -0.05) is 31.1 Å². The van der Waals surface area contributed by atoms with Gasteiger partial charge >= 0.3 is 0 Å². The maximum absolute atomic E-state index is 7.12. The van der Waals surface area contributed by atoms with E-state index in [4.69, 9.17) is 11.8 Å². The van der Waals surface area contributed by atoms with Crippen LogP contribution in [0.15, 0.2) is 24.3 Å². The Labute approximate surface area is 68.3 Å². The van der Waals surface area contributed by atoms with Crippen molar-refractivity contribution >= 4 is 5.71 Å². The van der Waals surface area contributed by atoms with Crippen LogP contribution in [0.25, 0.3) is 0 Å². The van der Waals surface area contributed by atoms with Gasteiger partial charge < -0.3 is 0 Å². The summed E-state index contributed by atoms with van der Waals surface area (Å²) in [4.78, 5) is 0. The Balaban J connectivity index is 3.94. The van der Waals surface area contributed by atoms with E-state index >= 15 is 0 Å². The van der Waals surface area contributed by atoms with Crippen LogP contribution in [-0.4, -0.2) is 5.71 Å². The average molecular weight is 147 g/mol. The van der Waals surface area contributed by atoms with Gasteiger partial charge in [-0.3, -0.25) is 5.41 Å². The van der Waals surface area contributed by atoms with Crippen LogP contribution in [0.1, 0.15) is 13.8 Å². The van der Waals surface area contributed by atoms with E-state index in [0.717, 1.165) is 0 Å². The minimum absolute atomic E-state index is 0.223. The van der Waals surface area contributed by atoms with Crippen molar-refractivity contribution in [1.82, 2.24) is 0 Å². The first-order chi connectivity index (χ1) is 5.20. The normalized spacial score (nSPS) is 13.5. The fourth-order valence-electron chi connectivity index (χ4n) is 0.664. The molecule has 0 aliphatic carbocycles. The molecule has 0 aromatic heterocycles. The summed E-state index contributed by atoms with van der Waals surface area (Å²) in [5.41, 5.74) is 0.223. The summed E-state index contributed by atoms with van der Waals surface area (Å²) in [6.45, 7) is 4.01. The molecule has 0 aliphatic rings. The minimum atomic E-state index is 0.223. The lowest BCUT2D eigenvalue weighted by atomic mass is 10.1. The van der Waals surface area contributed by atoms with Crippen LogP contribution in [0.3, 0.4) is 0 Å². The van der Waals surface area contributed by atoms with Crippen molar-refractivity contribution in [3.63, 3.8) is 0 Å². The van der Waals surface area contributed by atoms with Crippen molar-refractivity contribution in [2.45, 2.75) is 13.8 Å². The molecule has 0 aromatic carbocycles. The van der Waals surface area contributed by atoms with E-state index in [0.29, 0.717) is 5.92 Å². The predicted octanol–water partition coefficient (Wildman–Crippen LogP) is 2.41. The maximum atomic E-state index is 7.12. The van der Waals surface area contributed by atoms with E-state index < -0.39 is 0 Å². The Bertz CT molecular complexity index is 216. The van der Waals surface area contributed by atoms with Crippen LogP contribution in [0.4, 0.5) is 0 Å². The van der Waals surface area contributed by atoms with Gasteiger partial charge in [0.25, 0.3) is 0 Å². The van der Waals surface area contributed by atoms with Gasteiger partial charge in [0.1, 0.15) is 5.71 Å². The van der Waals surface area contributed by atoms with Crippen molar-refractivity contribution < 1.29 is 0 Å². The third kappa shape index (κ3) is 5.17. The molecule has 1 nitrogen and oxygen atoms in total. The first-order valence-corrected chi connectivity index (χ1v) is 3.57. The highest BCUT2D eigenvalue weighted by Crippen LogP contribution is 1.98. The Morgan fingerprint density at radius 1 is 1.55 bits per heavy atom. The van der Waals surface area contributed by atoms with E-state index in [1.165, 1.54) is 0 Å². The summed E-state index contributed by atoms with van der Waals surface area (Å²) in [5.74, 6) is 2.59. The molecule has 0 heterocycles. The highest BCUT2D eigenvalue weighted by Gasteiger charge is 1.87. The molecule has 0 spiro atoms. The van der Waals surface area contributed by atoms with Gasteiger partial charge in [-0.15, -0.1) is 6.42 Å². The summed E-state index contributed by atoms with van der Waals surface area (Å²) >= 11 is 0. The molecule has 58 valence electrons. The third-order valence-corrected chi connectivity index (χ3v) is 1.22. The average Bonchev–Trinajstić information content (AvgIpc) is 2.01. The Morgan fingerprint density at radius 3 is 2.64 bits per heavy atom. The van der Waals surface area contributed by atoms with Crippen LogP contribution in [0.2, 0.25) is 0 Å². The molecule has 0 saturated carbocycles. The number of hydrogen-bond acceptors (Lipinski definition) is 1. The van der Waals surface area contributed by atoms with E-state index in [1.807, 2.05) is 32.1 Å². The van der Waals surface area contributed by atoms with Gasteiger partial charge in [0.2, 0.25) is 0 Å². The van der Waals surface area contributed by atoms with Gasteiger partial charge in [-0.05, 0) is 18.9 Å². The molecule has 0 aliphatic heterocycles. The van der Waals surface area contributed by atoms with Crippen molar-refractivity contribution in [3.05, 3.63) is 24.3 Å². The largest absolute Gasteiger partial charge is 0.292 e. The van der Waals surface area contributed by atoms with Gasteiger partial charge in [0.05, 0.1) is 0 Å². The number of hydrogen-bond donors (Lipinski definition) is 1. The summed E-state index contributed by atoms with van der Waals surface area (Å²) in [6.07, 6.45) is 12.6. The zero-order chi connectivity index (χ0) is 8.69. The topological polar surface area (TPSA) is 23.9 Å². The van der Waals surface area contributed by atoms with Crippen LogP contribution in [-0.2, 0) is 0 Å². The monoisotopic (exact) mass is 147 g/mol. The van der Waals surface area contributed by atoms with Crippen molar-refractivity contribution in [3.8, 4) is 12.3 Å². The highest BCUT2D eigenvalue weighted by molar-refractivity contribution is 6.05. The molecular formula is C10H13N. The fourth-order valence-corrected chi connectivity index (χ4v) is 0.664. The highest BCUT2D eigenvalue weighted by atomic mass is 14.4. The molecule has 0 radical (unpaired) electrons. The quantitative estimate of drug-likeness (QED) is 0.360. The molecule has 0 fully saturated rings. The molecule has 0 bridgehead atoms. The van der Waals surface area contributed by atoms with Gasteiger partial charge in [-0.2, -0.15) is 0 Å². The van der Waals surface area contributed by atoms with E-state index in [2.05, 4.69) is 5.92 Å². The molecule has 1 unspecified atom stereocenters. The smallest absolute Gasteiger partial charge is 0.103 e. The summed E-state index contributed by atoms with van der Waals surface area (Å²) < 4.78 is 0. The summed E-state index contributed by atoms with van der Waals surface area (Å²) in [5, 5.41) is 7.12. The second-order valence-corrected chi connectivity index (χ2v) is 2.30. The van der Waals surface area contributed by atoms with Crippen molar-refractivity contribution in [2.24, 2.45) is 5.92 Å². The van der Waals surface area contributed by atoms with Gasteiger partial charge in [0.15, 0.2) is 0 Å². The van der Waals surface area contributed by atoms with E-state index in [1.54, 1.807) is 6.08 Å². The molecule has 1 heteroatoms. The number of allylic oxidation sites excluding steroid dienone is 4. The Kier molecular flexibility index (Phi) is 4.85. The zero-order valence-corrected chi connectivity index (χ0v) is 6.96. The third-order valence-electron chi connectivity index (χ3n) is 1.22. The fraction of sp³-hybridized carbons (Fsp3) is 0.300. The molecule has 11 heavy (non-hydrogen) atoms. The van der Waals surface area contributed by atoms with E-state index in [9.17, 15) is 0 Å². The SMILES string of the molecule is C#CC(=N)/C=C\C(C)C=CC. The second-order valence-electron chi connectivity index (χ2n) is 2.30. The lowest BCUT2D eigenvalue weighted by Gasteiger charge is -1.94. The molecule has 0 amide bonds. The summed E-state index contributed by atoms with van der Waals surface area (Å²) in [7, 11) is 0. The van der Waals surface area contributed by atoms with Crippen LogP contribution in [0, 0.1) is 23.7 Å². The second kappa shape index (κ2) is 5.49.